The van der Waals surface area contributed by atoms with Crippen molar-refractivity contribution in [2.75, 3.05) is 20.5 Å². The van der Waals surface area contributed by atoms with Gasteiger partial charge in [-0.2, -0.15) is 0 Å². The summed E-state index contributed by atoms with van der Waals surface area (Å²) in [6.45, 7) is 13.7. The van der Waals surface area contributed by atoms with Gasteiger partial charge in [0.2, 0.25) is 6.79 Å². The molecule has 1 aliphatic rings. The SMILES string of the molecule is C=N/C(C(=O)N[C@@H](C)C(=O)O[C@H](C(C)C)[C@H](C)OCC1CC1)=C(OCOC(C)=O)\C(=C/C)OC. The van der Waals surface area contributed by atoms with Crippen molar-refractivity contribution in [1.29, 1.82) is 0 Å². The van der Waals surface area contributed by atoms with Crippen LogP contribution in [0.4, 0.5) is 0 Å². The maximum absolute atomic E-state index is 12.9. The Balaban J connectivity index is 2.92. The van der Waals surface area contributed by atoms with E-state index in [0.29, 0.717) is 12.5 Å². The van der Waals surface area contributed by atoms with Crippen molar-refractivity contribution in [3.8, 4) is 0 Å². The predicted molar refractivity (Wildman–Crippen MR) is 126 cm³/mol. The number of esters is 2. The fraction of sp³-hybridized carbons (Fsp3) is 0.667. The fourth-order valence-corrected chi connectivity index (χ4v) is 3.02. The van der Waals surface area contributed by atoms with E-state index in [0.717, 1.165) is 0 Å². The molecule has 0 aromatic carbocycles. The number of carbonyl (C=O) groups excluding carboxylic acids is 3. The van der Waals surface area contributed by atoms with Crippen LogP contribution in [0.3, 0.4) is 0 Å². The molecule has 0 aromatic rings. The topological polar surface area (TPSA) is 122 Å². The second-order valence-corrected chi connectivity index (χ2v) is 8.41. The standard InChI is InChI=1S/C24H38N2O8/c1-9-19(30-8)22(33-13-32-17(6)27)20(25-7)23(28)26-15(4)24(29)34-21(14(2)3)16(5)31-12-18-10-11-18/h9,14-16,18,21H,7,10-13H2,1-6,8H3,(H,26,28)/b19-9+,22-20+/t15-,16-,21+/m0/s1. The molecule has 0 unspecified atom stereocenters. The number of allylic oxidation sites excluding steroid dienone is 1. The second kappa shape index (κ2) is 14.4. The third kappa shape index (κ3) is 9.54. The summed E-state index contributed by atoms with van der Waals surface area (Å²) in [5.41, 5.74) is -0.247. The number of rotatable bonds is 15. The van der Waals surface area contributed by atoms with Gasteiger partial charge in [0.1, 0.15) is 12.1 Å². The van der Waals surface area contributed by atoms with Crippen LogP contribution in [0.5, 0.6) is 0 Å². The smallest absolute Gasteiger partial charge is 0.328 e. The molecule has 10 heteroatoms. The van der Waals surface area contributed by atoms with E-state index in [1.165, 1.54) is 39.9 Å². The lowest BCUT2D eigenvalue weighted by molar-refractivity contribution is -0.163. The Morgan fingerprint density at radius 1 is 1.15 bits per heavy atom. The number of ether oxygens (including phenoxy) is 5. The van der Waals surface area contributed by atoms with E-state index in [2.05, 4.69) is 17.0 Å². The molecule has 0 aliphatic heterocycles. The van der Waals surface area contributed by atoms with Gasteiger partial charge in [-0.25, -0.2) is 4.79 Å². The summed E-state index contributed by atoms with van der Waals surface area (Å²) in [4.78, 5) is 40.4. The first-order chi connectivity index (χ1) is 16.0. The number of amides is 1. The lowest BCUT2D eigenvalue weighted by Crippen LogP contribution is -2.44. The minimum absolute atomic E-state index is 0.0200. The van der Waals surface area contributed by atoms with Gasteiger partial charge >= 0.3 is 11.9 Å². The van der Waals surface area contributed by atoms with Crippen LogP contribution >= 0.6 is 0 Å². The Hall–Kier alpha value is -2.88. The van der Waals surface area contributed by atoms with E-state index in [1.54, 1.807) is 6.92 Å². The molecule has 0 saturated heterocycles. The van der Waals surface area contributed by atoms with E-state index in [1.807, 2.05) is 20.8 Å². The van der Waals surface area contributed by atoms with Gasteiger partial charge in [-0.1, -0.05) is 13.8 Å². The molecule has 0 heterocycles. The first-order valence-electron chi connectivity index (χ1n) is 11.4. The molecule has 1 saturated carbocycles. The van der Waals surface area contributed by atoms with Gasteiger partial charge in [-0.05, 0) is 58.2 Å². The van der Waals surface area contributed by atoms with Gasteiger partial charge in [0.05, 0.1) is 13.2 Å². The summed E-state index contributed by atoms with van der Waals surface area (Å²) in [6, 6.07) is -0.993. The number of hydrogen-bond donors (Lipinski definition) is 1. The molecular formula is C24H38N2O8. The Kier molecular flexibility index (Phi) is 12.3. The summed E-state index contributed by atoms with van der Waals surface area (Å²) in [6.07, 6.45) is 3.12. The van der Waals surface area contributed by atoms with Crippen molar-refractivity contribution in [2.24, 2.45) is 16.8 Å². The maximum atomic E-state index is 12.9. The molecule has 10 nitrogen and oxygen atoms in total. The summed E-state index contributed by atoms with van der Waals surface area (Å²) in [7, 11) is 1.38. The Morgan fingerprint density at radius 3 is 2.26 bits per heavy atom. The normalized spacial score (nSPS) is 17.1. The van der Waals surface area contributed by atoms with Crippen LogP contribution in [-0.4, -0.2) is 63.3 Å². The van der Waals surface area contributed by atoms with Crippen LogP contribution in [0, 0.1) is 11.8 Å². The lowest BCUT2D eigenvalue weighted by Gasteiger charge is -2.28. The Morgan fingerprint density at radius 2 is 1.79 bits per heavy atom. The lowest BCUT2D eigenvalue weighted by atomic mass is 10.0. The molecule has 34 heavy (non-hydrogen) atoms. The van der Waals surface area contributed by atoms with Gasteiger partial charge in [-0.3, -0.25) is 14.6 Å². The van der Waals surface area contributed by atoms with Gasteiger partial charge in [-0.15, -0.1) is 0 Å². The summed E-state index contributed by atoms with van der Waals surface area (Å²) in [5, 5.41) is 2.54. The van der Waals surface area contributed by atoms with Crippen molar-refractivity contribution in [1.82, 2.24) is 5.32 Å². The quantitative estimate of drug-likeness (QED) is 0.0944. The zero-order valence-electron chi connectivity index (χ0n) is 21.2. The second-order valence-electron chi connectivity index (χ2n) is 8.41. The number of methoxy groups -OCH3 is 1. The third-order valence-electron chi connectivity index (χ3n) is 5.12. The number of nitrogens with zero attached hydrogens (tertiary/aromatic N) is 1. The molecular weight excluding hydrogens is 444 g/mol. The highest BCUT2D eigenvalue weighted by atomic mass is 16.7. The minimum atomic E-state index is -0.993. The predicted octanol–water partition coefficient (Wildman–Crippen LogP) is 2.87. The zero-order valence-corrected chi connectivity index (χ0v) is 21.2. The average molecular weight is 483 g/mol. The molecule has 0 spiro atoms. The van der Waals surface area contributed by atoms with E-state index < -0.39 is 36.8 Å². The average Bonchev–Trinajstić information content (AvgIpc) is 3.60. The fourth-order valence-electron chi connectivity index (χ4n) is 3.02. The Labute approximate surface area is 201 Å². The largest absolute Gasteiger partial charge is 0.493 e. The van der Waals surface area contributed by atoms with E-state index in [-0.39, 0.29) is 29.2 Å². The molecule has 1 amide bonds. The number of aliphatic imine (C=N–C) groups is 1. The third-order valence-corrected chi connectivity index (χ3v) is 5.12. The summed E-state index contributed by atoms with van der Waals surface area (Å²) in [5.74, 6) is -1.24. The molecule has 1 N–H and O–H groups in total. The Bertz CT molecular complexity index is 786. The van der Waals surface area contributed by atoms with Crippen LogP contribution < -0.4 is 5.32 Å². The molecule has 0 aromatic heterocycles. The highest BCUT2D eigenvalue weighted by Gasteiger charge is 2.31. The molecule has 1 rings (SSSR count). The first-order valence-corrected chi connectivity index (χ1v) is 11.4. The minimum Gasteiger partial charge on any atom is -0.493 e. The van der Waals surface area contributed by atoms with E-state index >= 15 is 0 Å². The van der Waals surface area contributed by atoms with Gasteiger partial charge in [0, 0.05) is 13.5 Å². The highest BCUT2D eigenvalue weighted by Crippen LogP contribution is 2.30. The van der Waals surface area contributed by atoms with Crippen LogP contribution in [-0.2, 0) is 38.1 Å². The molecule has 1 aliphatic carbocycles. The molecule has 0 bridgehead atoms. The van der Waals surface area contributed by atoms with Gasteiger partial charge < -0.3 is 29.0 Å². The van der Waals surface area contributed by atoms with Crippen molar-refractivity contribution in [3.63, 3.8) is 0 Å². The van der Waals surface area contributed by atoms with Crippen molar-refractivity contribution < 1.29 is 38.1 Å². The van der Waals surface area contributed by atoms with Gasteiger partial charge in [0.25, 0.3) is 5.91 Å². The molecule has 3 atom stereocenters. The molecule has 192 valence electrons. The summed E-state index contributed by atoms with van der Waals surface area (Å²) < 4.78 is 27.0. The first kappa shape index (κ1) is 29.2. The maximum Gasteiger partial charge on any atom is 0.328 e. The number of nitrogens with one attached hydrogen (secondary N) is 1. The van der Waals surface area contributed by atoms with Crippen LogP contribution in [0.2, 0.25) is 0 Å². The van der Waals surface area contributed by atoms with Crippen molar-refractivity contribution in [3.05, 3.63) is 23.3 Å². The van der Waals surface area contributed by atoms with Crippen LogP contribution in [0.15, 0.2) is 28.3 Å². The number of hydrogen-bond acceptors (Lipinski definition) is 9. The van der Waals surface area contributed by atoms with Crippen LogP contribution in [0.1, 0.15) is 54.4 Å². The number of carbonyl (C=O) groups is 3. The van der Waals surface area contributed by atoms with Crippen molar-refractivity contribution >= 4 is 24.6 Å². The van der Waals surface area contributed by atoms with E-state index in [4.69, 9.17) is 23.7 Å². The van der Waals surface area contributed by atoms with Gasteiger partial charge in [0.15, 0.2) is 17.2 Å². The monoisotopic (exact) mass is 482 g/mol. The molecule has 1 fully saturated rings. The highest BCUT2D eigenvalue weighted by molar-refractivity contribution is 5.97. The zero-order chi connectivity index (χ0) is 25.8. The van der Waals surface area contributed by atoms with E-state index in [9.17, 15) is 14.4 Å². The molecule has 0 radical (unpaired) electrons. The van der Waals surface area contributed by atoms with Crippen molar-refractivity contribution in [2.45, 2.75) is 72.6 Å². The van der Waals surface area contributed by atoms with Crippen LogP contribution in [0.25, 0.3) is 0 Å². The summed E-state index contributed by atoms with van der Waals surface area (Å²) >= 11 is 0.